The highest BCUT2D eigenvalue weighted by molar-refractivity contribution is 7.91. The number of nitrogens with zero attached hydrogens (tertiary/aromatic N) is 2. The van der Waals surface area contributed by atoms with E-state index in [1.807, 2.05) is 18.9 Å². The summed E-state index contributed by atoms with van der Waals surface area (Å²) in [6, 6.07) is 0. The summed E-state index contributed by atoms with van der Waals surface area (Å²) in [6.45, 7) is 3.94. The van der Waals surface area contributed by atoms with Crippen molar-refractivity contribution in [3.8, 4) is 0 Å². The molecular weight excluding hydrogens is 270 g/mol. The van der Waals surface area contributed by atoms with Gasteiger partial charge in [0.15, 0.2) is 8.68 Å². The Kier molecular flexibility index (Phi) is 5.13. The minimum atomic E-state index is -3.45. The Hall–Kier alpha value is -0.210. The molecule has 0 saturated heterocycles. The molecule has 0 amide bonds. The van der Waals surface area contributed by atoms with E-state index >= 15 is 0 Å². The van der Waals surface area contributed by atoms with E-state index in [4.69, 9.17) is 11.6 Å². The van der Waals surface area contributed by atoms with E-state index in [-0.39, 0.29) is 8.68 Å². The molecule has 0 aliphatic carbocycles. The van der Waals surface area contributed by atoms with Crippen LogP contribution in [0.4, 0.5) is 0 Å². The number of sulfonamides is 1. The van der Waals surface area contributed by atoms with Gasteiger partial charge in [-0.3, -0.25) is 0 Å². The summed E-state index contributed by atoms with van der Waals surface area (Å²) in [4.78, 5) is 5.71. The lowest BCUT2D eigenvalue weighted by Gasteiger charge is -2.13. The van der Waals surface area contributed by atoms with Crippen molar-refractivity contribution >= 4 is 33.0 Å². The topological polar surface area (TPSA) is 62.3 Å². The third-order valence-electron chi connectivity index (χ3n) is 2.05. The van der Waals surface area contributed by atoms with Gasteiger partial charge in [-0.25, -0.2) is 18.1 Å². The van der Waals surface area contributed by atoms with E-state index < -0.39 is 10.0 Å². The summed E-state index contributed by atoms with van der Waals surface area (Å²) in [6.07, 6.45) is 1.26. The second-order valence-corrected chi connectivity index (χ2v) is 6.83. The molecule has 1 aromatic rings. The molecule has 0 radical (unpaired) electrons. The number of halogens is 1. The van der Waals surface area contributed by atoms with Crippen LogP contribution in [0.15, 0.2) is 10.4 Å². The Morgan fingerprint density at radius 1 is 1.62 bits per heavy atom. The molecular formula is C8H14ClN3O2S2. The lowest BCUT2D eigenvalue weighted by Crippen LogP contribution is -2.32. The number of nitrogens with one attached hydrogen (secondary N) is 1. The molecule has 0 saturated carbocycles. The van der Waals surface area contributed by atoms with Gasteiger partial charge in [0.25, 0.3) is 10.0 Å². The van der Waals surface area contributed by atoms with E-state index in [0.29, 0.717) is 13.1 Å². The van der Waals surface area contributed by atoms with Gasteiger partial charge >= 0.3 is 0 Å². The molecule has 5 nitrogen and oxygen atoms in total. The van der Waals surface area contributed by atoms with Gasteiger partial charge in [-0.1, -0.05) is 29.9 Å². The second kappa shape index (κ2) is 5.92. The molecule has 0 bridgehead atoms. The van der Waals surface area contributed by atoms with E-state index in [2.05, 4.69) is 9.71 Å². The van der Waals surface area contributed by atoms with E-state index in [9.17, 15) is 8.42 Å². The Morgan fingerprint density at radius 2 is 2.31 bits per heavy atom. The number of likely N-dealkylation sites (N-methyl/N-ethyl adjacent to an activating group) is 1. The monoisotopic (exact) mass is 283 g/mol. The average Bonchev–Trinajstić information content (AvgIpc) is 2.65. The Labute approximate surface area is 104 Å². The highest BCUT2D eigenvalue weighted by Gasteiger charge is 2.16. The minimum absolute atomic E-state index is 0.150. The standard InChI is InChI=1S/C8H14ClN3O2S2/c1-3-12(2)5-4-11-16(13,14)7-6-10-8(9)15-7/h6,11H,3-5H2,1-2H3. The first-order chi connectivity index (χ1) is 7.45. The van der Waals surface area contributed by atoms with Gasteiger partial charge in [-0.15, -0.1) is 0 Å². The van der Waals surface area contributed by atoms with Crippen LogP contribution in [0.25, 0.3) is 0 Å². The zero-order valence-electron chi connectivity index (χ0n) is 9.10. The van der Waals surface area contributed by atoms with Crippen LogP contribution in [0.2, 0.25) is 4.47 Å². The number of hydrogen-bond donors (Lipinski definition) is 1. The van der Waals surface area contributed by atoms with Crippen molar-refractivity contribution in [1.29, 1.82) is 0 Å². The van der Waals surface area contributed by atoms with Crippen molar-refractivity contribution in [3.05, 3.63) is 10.7 Å². The molecule has 1 heterocycles. The highest BCUT2D eigenvalue weighted by Crippen LogP contribution is 2.21. The zero-order chi connectivity index (χ0) is 12.2. The fourth-order valence-corrected chi connectivity index (χ4v) is 3.32. The fourth-order valence-electron chi connectivity index (χ4n) is 0.964. The number of aromatic nitrogens is 1. The Morgan fingerprint density at radius 3 is 2.81 bits per heavy atom. The van der Waals surface area contributed by atoms with Crippen LogP contribution in [-0.2, 0) is 10.0 Å². The summed E-state index contributed by atoms with van der Waals surface area (Å²) in [5.74, 6) is 0. The molecule has 1 aromatic heterocycles. The van der Waals surface area contributed by atoms with Gasteiger partial charge in [-0.05, 0) is 13.6 Å². The average molecular weight is 284 g/mol. The van der Waals surface area contributed by atoms with E-state index in [1.54, 1.807) is 0 Å². The molecule has 0 aliphatic heterocycles. The van der Waals surface area contributed by atoms with Crippen LogP contribution in [0.1, 0.15) is 6.92 Å². The first-order valence-electron chi connectivity index (χ1n) is 4.75. The number of thiazole rings is 1. The summed E-state index contributed by atoms with van der Waals surface area (Å²) < 4.78 is 26.3. The van der Waals surface area contributed by atoms with Crippen LogP contribution in [0.5, 0.6) is 0 Å². The SMILES string of the molecule is CCN(C)CCNS(=O)(=O)c1cnc(Cl)s1. The van der Waals surface area contributed by atoms with E-state index in [0.717, 1.165) is 17.9 Å². The molecule has 0 spiro atoms. The van der Waals surface area contributed by atoms with Crippen LogP contribution in [-0.4, -0.2) is 45.0 Å². The maximum absolute atomic E-state index is 11.7. The summed E-state index contributed by atoms with van der Waals surface area (Å²) in [5, 5.41) is 0. The van der Waals surface area contributed by atoms with Crippen molar-refractivity contribution in [1.82, 2.24) is 14.6 Å². The van der Waals surface area contributed by atoms with Crippen molar-refractivity contribution in [2.45, 2.75) is 11.1 Å². The first-order valence-corrected chi connectivity index (χ1v) is 7.43. The molecule has 0 fully saturated rings. The number of rotatable bonds is 6. The predicted molar refractivity (Wildman–Crippen MR) is 65.5 cm³/mol. The molecule has 16 heavy (non-hydrogen) atoms. The van der Waals surface area contributed by atoms with Crippen molar-refractivity contribution in [3.63, 3.8) is 0 Å². The Balaban J connectivity index is 2.53. The second-order valence-electron chi connectivity index (χ2n) is 3.23. The van der Waals surface area contributed by atoms with Gasteiger partial charge in [-0.2, -0.15) is 0 Å². The van der Waals surface area contributed by atoms with Gasteiger partial charge < -0.3 is 4.90 Å². The first kappa shape index (κ1) is 13.9. The molecule has 0 aromatic carbocycles. The summed E-state index contributed by atoms with van der Waals surface area (Å²) in [7, 11) is -1.52. The molecule has 0 atom stereocenters. The van der Waals surface area contributed by atoms with Gasteiger partial charge in [0.1, 0.15) is 0 Å². The maximum Gasteiger partial charge on any atom is 0.251 e. The molecule has 1 N–H and O–H groups in total. The number of hydrogen-bond acceptors (Lipinski definition) is 5. The normalized spacial score (nSPS) is 12.2. The van der Waals surface area contributed by atoms with Crippen molar-refractivity contribution in [2.75, 3.05) is 26.7 Å². The van der Waals surface area contributed by atoms with Crippen LogP contribution < -0.4 is 4.72 Å². The van der Waals surface area contributed by atoms with Gasteiger partial charge in [0.05, 0.1) is 6.20 Å². The molecule has 1 rings (SSSR count). The summed E-state index contributed by atoms with van der Waals surface area (Å²) in [5.41, 5.74) is 0. The largest absolute Gasteiger partial charge is 0.305 e. The maximum atomic E-state index is 11.7. The van der Waals surface area contributed by atoms with Crippen LogP contribution >= 0.6 is 22.9 Å². The van der Waals surface area contributed by atoms with Crippen LogP contribution in [0, 0.1) is 0 Å². The Bertz CT molecular complexity index is 432. The summed E-state index contributed by atoms with van der Waals surface area (Å²) >= 11 is 6.53. The lowest BCUT2D eigenvalue weighted by atomic mass is 10.5. The van der Waals surface area contributed by atoms with Crippen molar-refractivity contribution in [2.24, 2.45) is 0 Å². The third kappa shape index (κ3) is 3.99. The molecule has 0 aliphatic rings. The van der Waals surface area contributed by atoms with E-state index in [1.165, 1.54) is 6.20 Å². The fraction of sp³-hybridized carbons (Fsp3) is 0.625. The third-order valence-corrected chi connectivity index (χ3v) is 5.08. The smallest absolute Gasteiger partial charge is 0.251 e. The van der Waals surface area contributed by atoms with Gasteiger partial charge in [0, 0.05) is 13.1 Å². The van der Waals surface area contributed by atoms with Gasteiger partial charge in [0.2, 0.25) is 0 Å². The van der Waals surface area contributed by atoms with Crippen molar-refractivity contribution < 1.29 is 8.42 Å². The zero-order valence-corrected chi connectivity index (χ0v) is 11.5. The molecule has 8 heteroatoms. The molecule has 0 unspecified atom stereocenters. The molecule has 92 valence electrons. The predicted octanol–water partition coefficient (Wildman–Crippen LogP) is 1.03. The minimum Gasteiger partial charge on any atom is -0.305 e. The highest BCUT2D eigenvalue weighted by atomic mass is 35.5. The quantitative estimate of drug-likeness (QED) is 0.847. The lowest BCUT2D eigenvalue weighted by molar-refractivity contribution is 0.358. The van der Waals surface area contributed by atoms with Crippen LogP contribution in [0.3, 0.4) is 0 Å².